The Morgan fingerprint density at radius 3 is 2.56 bits per heavy atom. The Labute approximate surface area is 99.4 Å². The van der Waals surface area contributed by atoms with Gasteiger partial charge < -0.3 is 5.73 Å². The van der Waals surface area contributed by atoms with Crippen molar-refractivity contribution in [2.75, 3.05) is 0 Å². The predicted molar refractivity (Wildman–Crippen MR) is 72.1 cm³/mol. The Morgan fingerprint density at radius 2 is 2.12 bits per heavy atom. The second kappa shape index (κ2) is 4.84. The van der Waals surface area contributed by atoms with Crippen molar-refractivity contribution in [1.82, 2.24) is 0 Å². The van der Waals surface area contributed by atoms with Gasteiger partial charge in [-0.3, -0.25) is 0 Å². The highest BCUT2D eigenvalue weighted by molar-refractivity contribution is 5.41. The van der Waals surface area contributed by atoms with Crippen LogP contribution in [0, 0.1) is 11.8 Å². The quantitative estimate of drug-likeness (QED) is 0.718. The number of rotatable bonds is 3. The average Bonchev–Trinajstić information content (AvgIpc) is 2.21. The maximum Gasteiger partial charge on any atom is 0.0372 e. The molecule has 88 valence electrons. The van der Waals surface area contributed by atoms with Crippen LogP contribution in [0.5, 0.6) is 0 Å². The van der Waals surface area contributed by atoms with Gasteiger partial charge in [-0.15, -0.1) is 0 Å². The topological polar surface area (TPSA) is 26.0 Å². The Morgan fingerprint density at radius 1 is 1.50 bits per heavy atom. The molecule has 0 bridgehead atoms. The fourth-order valence-electron chi connectivity index (χ4n) is 2.04. The lowest BCUT2D eigenvalue weighted by Crippen LogP contribution is -2.45. The molecule has 0 saturated carbocycles. The molecule has 0 aromatic rings. The molecule has 16 heavy (non-hydrogen) atoms. The van der Waals surface area contributed by atoms with Crippen LogP contribution < -0.4 is 5.73 Å². The Bertz CT molecular complexity index is 354. The van der Waals surface area contributed by atoms with E-state index < -0.39 is 0 Å². The molecule has 1 rings (SSSR count). The summed E-state index contributed by atoms with van der Waals surface area (Å²) in [4.78, 5) is 0. The fraction of sp³-hybridized carbons (Fsp3) is 0.467. The molecule has 1 aliphatic carbocycles. The minimum atomic E-state index is -0.280. The standard InChI is InChI=1S/C15H23N/c1-6-14(15(5,16)11(2)3)13-10-8-7-9-12(13)4/h6-11,13H,4,16H2,1-3,5H3/b14-6+. The van der Waals surface area contributed by atoms with Crippen molar-refractivity contribution >= 4 is 0 Å². The van der Waals surface area contributed by atoms with Gasteiger partial charge in [-0.2, -0.15) is 0 Å². The zero-order valence-electron chi connectivity index (χ0n) is 10.8. The third kappa shape index (κ3) is 2.35. The maximum absolute atomic E-state index is 6.44. The van der Waals surface area contributed by atoms with E-state index in [1.807, 2.05) is 6.08 Å². The van der Waals surface area contributed by atoms with Crippen molar-refractivity contribution in [2.45, 2.75) is 33.2 Å². The largest absolute Gasteiger partial charge is 0.322 e. The number of nitrogens with two attached hydrogens (primary N) is 1. The van der Waals surface area contributed by atoms with Crippen LogP contribution in [0.25, 0.3) is 0 Å². The average molecular weight is 217 g/mol. The van der Waals surface area contributed by atoms with Gasteiger partial charge in [0.15, 0.2) is 0 Å². The van der Waals surface area contributed by atoms with Gasteiger partial charge in [-0.25, -0.2) is 0 Å². The highest BCUT2D eigenvalue weighted by Gasteiger charge is 2.32. The minimum Gasteiger partial charge on any atom is -0.322 e. The second-order valence-electron chi connectivity index (χ2n) is 4.98. The monoisotopic (exact) mass is 217 g/mol. The van der Waals surface area contributed by atoms with E-state index in [9.17, 15) is 0 Å². The molecule has 1 heteroatoms. The highest BCUT2D eigenvalue weighted by Crippen LogP contribution is 2.34. The molecule has 0 aromatic carbocycles. The van der Waals surface area contributed by atoms with Crippen LogP contribution in [-0.4, -0.2) is 5.54 Å². The van der Waals surface area contributed by atoms with Gasteiger partial charge in [0.25, 0.3) is 0 Å². The van der Waals surface area contributed by atoms with Crippen molar-refractivity contribution in [3.8, 4) is 0 Å². The van der Waals surface area contributed by atoms with Gasteiger partial charge in [0.1, 0.15) is 0 Å². The van der Waals surface area contributed by atoms with Gasteiger partial charge in [-0.1, -0.05) is 50.8 Å². The molecule has 0 fully saturated rings. The lowest BCUT2D eigenvalue weighted by atomic mass is 9.73. The van der Waals surface area contributed by atoms with E-state index in [1.165, 1.54) is 5.57 Å². The van der Waals surface area contributed by atoms with Crippen LogP contribution in [-0.2, 0) is 0 Å². The second-order valence-corrected chi connectivity index (χ2v) is 4.98. The summed E-state index contributed by atoms with van der Waals surface area (Å²) in [6.45, 7) is 12.6. The lowest BCUT2D eigenvalue weighted by molar-refractivity contribution is 0.379. The lowest BCUT2D eigenvalue weighted by Gasteiger charge is -2.36. The molecule has 0 spiro atoms. The molecular weight excluding hydrogens is 194 g/mol. The van der Waals surface area contributed by atoms with Crippen LogP contribution in [0.3, 0.4) is 0 Å². The van der Waals surface area contributed by atoms with Crippen LogP contribution in [0.4, 0.5) is 0 Å². The first-order chi connectivity index (χ1) is 7.41. The van der Waals surface area contributed by atoms with E-state index in [1.54, 1.807) is 0 Å². The van der Waals surface area contributed by atoms with E-state index in [0.29, 0.717) is 5.92 Å². The van der Waals surface area contributed by atoms with Gasteiger partial charge in [0.05, 0.1) is 0 Å². The molecule has 0 aliphatic heterocycles. The minimum absolute atomic E-state index is 0.257. The number of hydrogen-bond acceptors (Lipinski definition) is 1. The number of hydrogen-bond donors (Lipinski definition) is 1. The van der Waals surface area contributed by atoms with E-state index in [0.717, 1.165) is 5.57 Å². The maximum atomic E-state index is 6.44. The molecule has 2 unspecified atom stereocenters. The van der Waals surface area contributed by atoms with Gasteiger partial charge in [0.2, 0.25) is 0 Å². The summed E-state index contributed by atoms with van der Waals surface area (Å²) in [5.74, 6) is 0.665. The SMILES string of the molecule is C=C1C=CC=CC1/C(=C\C)C(C)(N)C(C)C. The fourth-order valence-corrected chi connectivity index (χ4v) is 2.04. The molecule has 1 nitrogen and oxygen atoms in total. The first-order valence-corrected chi connectivity index (χ1v) is 5.90. The molecule has 0 radical (unpaired) electrons. The predicted octanol–water partition coefficient (Wildman–Crippen LogP) is 3.60. The zero-order valence-corrected chi connectivity index (χ0v) is 10.8. The molecule has 0 amide bonds. The van der Waals surface area contributed by atoms with Crippen molar-refractivity contribution < 1.29 is 0 Å². The Balaban J connectivity index is 3.05. The molecule has 0 saturated heterocycles. The summed E-state index contributed by atoms with van der Waals surface area (Å²) < 4.78 is 0. The van der Waals surface area contributed by atoms with Crippen LogP contribution in [0.2, 0.25) is 0 Å². The van der Waals surface area contributed by atoms with E-state index in [-0.39, 0.29) is 11.5 Å². The third-order valence-electron chi connectivity index (χ3n) is 3.59. The first kappa shape index (κ1) is 13.0. The summed E-state index contributed by atoms with van der Waals surface area (Å²) in [6, 6.07) is 0. The van der Waals surface area contributed by atoms with Gasteiger partial charge in [-0.05, 0) is 30.9 Å². The van der Waals surface area contributed by atoms with E-state index in [4.69, 9.17) is 5.73 Å². The van der Waals surface area contributed by atoms with Crippen molar-refractivity contribution in [1.29, 1.82) is 0 Å². The highest BCUT2D eigenvalue weighted by atomic mass is 14.7. The summed E-state index contributed by atoms with van der Waals surface area (Å²) >= 11 is 0. The van der Waals surface area contributed by atoms with Crippen LogP contribution in [0.15, 0.2) is 48.1 Å². The Kier molecular flexibility index (Phi) is 3.93. The molecule has 0 aromatic heterocycles. The van der Waals surface area contributed by atoms with Crippen LogP contribution >= 0.6 is 0 Å². The van der Waals surface area contributed by atoms with Crippen LogP contribution in [0.1, 0.15) is 27.7 Å². The van der Waals surface area contributed by atoms with Crippen molar-refractivity contribution in [3.63, 3.8) is 0 Å². The third-order valence-corrected chi connectivity index (χ3v) is 3.59. The first-order valence-electron chi connectivity index (χ1n) is 5.90. The zero-order chi connectivity index (χ0) is 12.3. The normalized spacial score (nSPS) is 25.0. The van der Waals surface area contributed by atoms with E-state index >= 15 is 0 Å². The molecule has 2 atom stereocenters. The summed E-state index contributed by atoms with van der Waals surface area (Å²) in [7, 11) is 0. The summed E-state index contributed by atoms with van der Waals surface area (Å²) in [6.07, 6.45) is 10.5. The van der Waals surface area contributed by atoms with Crippen molar-refractivity contribution in [3.05, 3.63) is 48.1 Å². The molecular formula is C15H23N. The molecule has 1 aliphatic rings. The van der Waals surface area contributed by atoms with Gasteiger partial charge >= 0.3 is 0 Å². The smallest absolute Gasteiger partial charge is 0.0372 e. The number of allylic oxidation sites excluding steroid dienone is 6. The summed E-state index contributed by atoms with van der Waals surface area (Å²) in [5, 5.41) is 0. The summed E-state index contributed by atoms with van der Waals surface area (Å²) in [5.41, 5.74) is 8.54. The Hall–Kier alpha value is -1.08. The molecule has 0 heterocycles. The van der Waals surface area contributed by atoms with Gasteiger partial charge in [0, 0.05) is 11.5 Å². The van der Waals surface area contributed by atoms with E-state index in [2.05, 4.69) is 58.6 Å². The molecule has 2 N–H and O–H groups in total. The van der Waals surface area contributed by atoms with Crippen molar-refractivity contribution in [2.24, 2.45) is 17.6 Å².